The fraction of sp³-hybridized carbons (Fsp3) is 0.200. The van der Waals surface area contributed by atoms with Crippen molar-refractivity contribution in [2.75, 3.05) is 0 Å². The maximum absolute atomic E-state index is 10.8. The van der Waals surface area contributed by atoms with Crippen LogP contribution in [0.3, 0.4) is 0 Å². The maximum Gasteiger partial charge on any atom is 0.217 e. The first-order valence-electron chi connectivity index (χ1n) is 6.14. The van der Waals surface area contributed by atoms with E-state index < -0.39 is 0 Å². The average molecular weight is 256 g/mol. The summed E-state index contributed by atoms with van der Waals surface area (Å²) in [7, 11) is 0. The lowest BCUT2D eigenvalue weighted by Gasteiger charge is -2.10. The second kappa shape index (κ2) is 6.54. The topological polar surface area (TPSA) is 65.2 Å². The highest BCUT2D eigenvalue weighted by Gasteiger charge is 2.06. The van der Waals surface area contributed by atoms with Crippen molar-refractivity contribution < 1.29 is 9.53 Å². The molecule has 1 amide bonds. The Labute approximate surface area is 112 Å². The van der Waals surface area contributed by atoms with Crippen molar-refractivity contribution in [1.82, 2.24) is 4.98 Å². The van der Waals surface area contributed by atoms with E-state index in [0.29, 0.717) is 18.8 Å². The highest BCUT2D eigenvalue weighted by Crippen LogP contribution is 2.18. The Kier molecular flexibility index (Phi) is 4.50. The van der Waals surface area contributed by atoms with Crippen molar-refractivity contribution in [1.29, 1.82) is 0 Å². The molecule has 0 spiro atoms. The Morgan fingerprint density at radius 2 is 1.95 bits per heavy atom. The fourth-order valence-electron chi connectivity index (χ4n) is 1.72. The third-order valence-electron chi connectivity index (χ3n) is 2.69. The number of rotatable bonds is 6. The van der Waals surface area contributed by atoms with E-state index in [0.717, 1.165) is 11.3 Å². The van der Waals surface area contributed by atoms with Crippen LogP contribution in [0.1, 0.15) is 17.7 Å². The molecule has 0 atom stereocenters. The summed E-state index contributed by atoms with van der Waals surface area (Å²) < 4.78 is 5.74. The van der Waals surface area contributed by atoms with Crippen LogP contribution in [0.2, 0.25) is 0 Å². The van der Waals surface area contributed by atoms with Gasteiger partial charge in [0.1, 0.15) is 12.4 Å². The van der Waals surface area contributed by atoms with Gasteiger partial charge in [-0.2, -0.15) is 0 Å². The van der Waals surface area contributed by atoms with E-state index >= 15 is 0 Å². The second-order valence-electron chi connectivity index (χ2n) is 4.19. The minimum atomic E-state index is -0.334. The summed E-state index contributed by atoms with van der Waals surface area (Å²) in [6.45, 7) is 0.482. The number of carbonyl (C=O) groups is 1. The molecule has 2 rings (SSSR count). The van der Waals surface area contributed by atoms with Crippen molar-refractivity contribution in [3.8, 4) is 5.75 Å². The van der Waals surface area contributed by atoms with Crippen LogP contribution in [0.25, 0.3) is 0 Å². The highest BCUT2D eigenvalue weighted by atomic mass is 16.5. The standard InChI is InChI=1S/C15H16N2O2/c16-15(18)9-8-13-14(7-4-10-17-13)19-11-12-5-2-1-3-6-12/h1-7,10H,8-9,11H2,(H2,16,18). The minimum Gasteiger partial charge on any atom is -0.487 e. The second-order valence-corrected chi connectivity index (χ2v) is 4.19. The smallest absolute Gasteiger partial charge is 0.217 e. The monoisotopic (exact) mass is 256 g/mol. The van der Waals surface area contributed by atoms with Gasteiger partial charge in [-0.15, -0.1) is 0 Å². The Bertz CT molecular complexity index is 541. The van der Waals surface area contributed by atoms with Crippen LogP contribution in [0.5, 0.6) is 5.75 Å². The summed E-state index contributed by atoms with van der Waals surface area (Å²) in [5, 5.41) is 0. The molecule has 0 saturated carbocycles. The number of nitrogens with two attached hydrogens (primary N) is 1. The van der Waals surface area contributed by atoms with E-state index in [9.17, 15) is 4.79 Å². The number of nitrogens with zero attached hydrogens (tertiary/aromatic N) is 1. The predicted octanol–water partition coefficient (Wildman–Crippen LogP) is 2.08. The van der Waals surface area contributed by atoms with Crippen LogP contribution in [-0.4, -0.2) is 10.9 Å². The van der Waals surface area contributed by atoms with Crippen LogP contribution < -0.4 is 10.5 Å². The van der Waals surface area contributed by atoms with E-state index in [2.05, 4.69) is 4.98 Å². The minimum absolute atomic E-state index is 0.276. The molecule has 0 aliphatic carbocycles. The molecule has 2 N–H and O–H groups in total. The van der Waals surface area contributed by atoms with Gasteiger partial charge in [0, 0.05) is 19.0 Å². The van der Waals surface area contributed by atoms with Crippen molar-refractivity contribution in [3.63, 3.8) is 0 Å². The SMILES string of the molecule is NC(=O)CCc1ncccc1OCc1ccccc1. The summed E-state index contributed by atoms with van der Waals surface area (Å²) in [6.07, 6.45) is 2.46. The number of ether oxygens (including phenoxy) is 1. The number of aryl methyl sites for hydroxylation is 1. The van der Waals surface area contributed by atoms with E-state index in [1.165, 1.54) is 0 Å². The maximum atomic E-state index is 10.8. The molecule has 1 heterocycles. The molecule has 0 saturated heterocycles. The molecule has 0 fully saturated rings. The van der Waals surface area contributed by atoms with Crippen molar-refractivity contribution in [2.45, 2.75) is 19.4 Å². The number of carbonyl (C=O) groups excluding carboxylic acids is 1. The van der Waals surface area contributed by atoms with Crippen LogP contribution in [-0.2, 0) is 17.8 Å². The van der Waals surface area contributed by atoms with Gasteiger partial charge >= 0.3 is 0 Å². The van der Waals surface area contributed by atoms with E-state index in [-0.39, 0.29) is 12.3 Å². The lowest BCUT2D eigenvalue weighted by Crippen LogP contribution is -2.12. The lowest BCUT2D eigenvalue weighted by atomic mass is 10.2. The predicted molar refractivity (Wildman–Crippen MR) is 72.5 cm³/mol. The Hall–Kier alpha value is -2.36. The first-order valence-corrected chi connectivity index (χ1v) is 6.14. The molecule has 0 bridgehead atoms. The van der Waals surface area contributed by atoms with Gasteiger partial charge in [0.05, 0.1) is 5.69 Å². The van der Waals surface area contributed by atoms with E-state index in [1.54, 1.807) is 6.20 Å². The number of amides is 1. The summed E-state index contributed by atoms with van der Waals surface area (Å²) in [6, 6.07) is 13.6. The first kappa shape index (κ1) is 13.1. The van der Waals surface area contributed by atoms with Gasteiger partial charge in [-0.25, -0.2) is 0 Å². The normalized spacial score (nSPS) is 10.1. The fourth-order valence-corrected chi connectivity index (χ4v) is 1.72. The Morgan fingerprint density at radius 1 is 1.16 bits per heavy atom. The number of aromatic nitrogens is 1. The van der Waals surface area contributed by atoms with E-state index in [4.69, 9.17) is 10.5 Å². The third kappa shape index (κ3) is 4.10. The van der Waals surface area contributed by atoms with Crippen molar-refractivity contribution >= 4 is 5.91 Å². The molecule has 2 aromatic rings. The molecule has 98 valence electrons. The molecule has 1 aromatic carbocycles. The summed E-state index contributed by atoms with van der Waals surface area (Å²) >= 11 is 0. The zero-order chi connectivity index (χ0) is 13.5. The Balaban J connectivity index is 2.01. The summed E-state index contributed by atoms with van der Waals surface area (Å²) in [5.74, 6) is 0.368. The van der Waals surface area contributed by atoms with E-state index in [1.807, 2.05) is 42.5 Å². The molecule has 0 aliphatic heterocycles. The first-order chi connectivity index (χ1) is 9.25. The molecule has 4 heteroatoms. The van der Waals surface area contributed by atoms with Crippen molar-refractivity contribution in [3.05, 3.63) is 59.9 Å². The number of hydrogen-bond donors (Lipinski definition) is 1. The molecular formula is C15H16N2O2. The molecule has 19 heavy (non-hydrogen) atoms. The molecular weight excluding hydrogens is 240 g/mol. The zero-order valence-electron chi connectivity index (χ0n) is 10.6. The van der Waals surface area contributed by atoms with Gasteiger partial charge in [-0.05, 0) is 17.7 Å². The van der Waals surface area contributed by atoms with Gasteiger partial charge < -0.3 is 10.5 Å². The van der Waals surface area contributed by atoms with Gasteiger partial charge in [0.15, 0.2) is 0 Å². The third-order valence-corrected chi connectivity index (χ3v) is 2.69. The van der Waals surface area contributed by atoms with Crippen LogP contribution >= 0.6 is 0 Å². The molecule has 0 unspecified atom stereocenters. The van der Waals surface area contributed by atoms with Crippen LogP contribution in [0, 0.1) is 0 Å². The number of primary amides is 1. The number of pyridine rings is 1. The molecule has 4 nitrogen and oxygen atoms in total. The van der Waals surface area contributed by atoms with Crippen LogP contribution in [0.15, 0.2) is 48.7 Å². The quantitative estimate of drug-likeness (QED) is 0.860. The van der Waals surface area contributed by atoms with Crippen LogP contribution in [0.4, 0.5) is 0 Å². The summed E-state index contributed by atoms with van der Waals surface area (Å²) in [4.78, 5) is 15.0. The largest absolute Gasteiger partial charge is 0.487 e. The average Bonchev–Trinajstić information content (AvgIpc) is 2.45. The molecule has 0 radical (unpaired) electrons. The zero-order valence-corrected chi connectivity index (χ0v) is 10.6. The molecule has 0 aliphatic rings. The van der Waals surface area contributed by atoms with Crippen molar-refractivity contribution in [2.24, 2.45) is 5.73 Å². The van der Waals surface area contributed by atoms with Gasteiger partial charge in [-0.1, -0.05) is 30.3 Å². The molecule has 1 aromatic heterocycles. The van der Waals surface area contributed by atoms with Gasteiger partial charge in [0.2, 0.25) is 5.91 Å². The van der Waals surface area contributed by atoms with Gasteiger partial charge in [-0.3, -0.25) is 9.78 Å². The Morgan fingerprint density at radius 3 is 2.68 bits per heavy atom. The lowest BCUT2D eigenvalue weighted by molar-refractivity contribution is -0.118. The number of benzene rings is 1. The van der Waals surface area contributed by atoms with Gasteiger partial charge in [0.25, 0.3) is 0 Å². The highest BCUT2D eigenvalue weighted by molar-refractivity contribution is 5.74. The number of hydrogen-bond acceptors (Lipinski definition) is 3. The summed E-state index contributed by atoms with van der Waals surface area (Å²) in [5.41, 5.74) is 7.00.